The first-order valence-corrected chi connectivity index (χ1v) is 36.3. The standard InChI is InChI=1S/2C33H32O4.C10H8N2Se2/c2*34-32(25-15-5-1-6-16-25,26-17-7-2-8-18-26)29-30(37-31(36-29)23-13-14-24-31)33(35,27-19-9-3-10-20-27)28-21-11-4-12-22-28;1-3-7-11-9(5-1)13-14-10-6-2-4-8-12-10/h2*1-12,15-22,29-30,34-35H,13-14,23-24H2;1-8H/t2*29-,30-;/m11./s1. The normalized spacial score (nSPS) is 19.5. The van der Waals surface area contributed by atoms with E-state index in [1.165, 1.54) is 9.18 Å². The number of hydrogen-bond acceptors (Lipinski definition) is 10. The minimum absolute atomic E-state index is 0.461. The van der Waals surface area contributed by atoms with Gasteiger partial charge in [0.1, 0.15) is 46.8 Å². The molecule has 2 saturated carbocycles. The second kappa shape index (κ2) is 27.3. The first kappa shape index (κ1) is 61.0. The molecule has 12 heteroatoms. The molecule has 10 nitrogen and oxygen atoms in total. The molecule has 4 N–H and O–H groups in total. The Morgan fingerprint density at radius 1 is 0.273 bits per heavy atom. The van der Waals surface area contributed by atoms with Crippen molar-refractivity contribution in [2.45, 2.75) is 110 Å². The van der Waals surface area contributed by atoms with Gasteiger partial charge in [-0.15, -0.1) is 0 Å². The van der Waals surface area contributed by atoms with Gasteiger partial charge in [0.15, 0.2) is 11.6 Å². The number of rotatable bonds is 15. The molecule has 10 aromatic rings. The molecule has 0 radical (unpaired) electrons. The van der Waals surface area contributed by atoms with E-state index in [1.807, 2.05) is 279 Å². The maximum atomic E-state index is 12.8. The summed E-state index contributed by atoms with van der Waals surface area (Å²) in [6.45, 7) is 0. The van der Waals surface area contributed by atoms with E-state index in [9.17, 15) is 20.4 Å². The van der Waals surface area contributed by atoms with Crippen molar-refractivity contribution >= 4 is 35.4 Å². The molecular weight excluding hydrogens is 1230 g/mol. The molecule has 2 spiro atoms. The fourth-order valence-corrected chi connectivity index (χ4v) is 18.5. The molecule has 0 bridgehead atoms. The average Bonchev–Trinajstić information content (AvgIpc) is 1.69. The summed E-state index contributed by atoms with van der Waals surface area (Å²) in [6.07, 6.45) is 6.94. The molecule has 88 heavy (non-hydrogen) atoms. The first-order valence-electron chi connectivity index (χ1n) is 30.3. The van der Waals surface area contributed by atoms with Crippen molar-refractivity contribution in [2.75, 3.05) is 0 Å². The number of aliphatic hydroxyl groups is 4. The Balaban J connectivity index is 0.000000141. The SMILES string of the molecule is OC(c1ccccc1)(c1ccccc1)[C@@H]1OC2(CCCC2)O[C@H]1C(O)(c1ccccc1)c1ccccc1.OC(c1ccccc1)(c1ccccc1)[C@@H]1OC2(CCCC2)O[C@H]1C(O)(c1ccccc1)c1ccccc1.c1ccc([Se][Se]c2ccccn2)nc1. The quantitative estimate of drug-likeness (QED) is 0.0733. The second-order valence-corrected chi connectivity index (χ2v) is 29.0. The fraction of sp³-hybridized carbons (Fsp3) is 0.237. The third-order valence-electron chi connectivity index (χ3n) is 17.5. The Morgan fingerprint density at radius 2 is 0.455 bits per heavy atom. The molecule has 14 rings (SSSR count). The van der Waals surface area contributed by atoms with Crippen LogP contribution in [0, 0.1) is 0 Å². The van der Waals surface area contributed by atoms with E-state index in [0.29, 0.717) is 70.8 Å². The third kappa shape index (κ3) is 12.4. The average molecular weight is 1300 g/mol. The Bertz CT molecular complexity index is 3120. The summed E-state index contributed by atoms with van der Waals surface area (Å²) < 4.78 is 29.8. The predicted octanol–water partition coefficient (Wildman–Crippen LogP) is 11.6. The summed E-state index contributed by atoms with van der Waals surface area (Å²) in [5.74, 6) is -1.71. The summed E-state index contributed by atoms with van der Waals surface area (Å²) >= 11 is 0.922. The van der Waals surface area contributed by atoms with Gasteiger partial charge in [-0.3, -0.25) is 0 Å². The molecule has 0 amide bonds. The van der Waals surface area contributed by atoms with Crippen LogP contribution in [0.2, 0.25) is 0 Å². The van der Waals surface area contributed by atoms with Crippen LogP contribution in [0.1, 0.15) is 95.9 Å². The van der Waals surface area contributed by atoms with Crippen LogP contribution in [0.3, 0.4) is 0 Å². The molecule has 4 heterocycles. The van der Waals surface area contributed by atoms with Crippen molar-refractivity contribution in [2.24, 2.45) is 0 Å². The zero-order valence-electron chi connectivity index (χ0n) is 48.8. The minimum atomic E-state index is -1.57. The fourth-order valence-electron chi connectivity index (χ4n) is 13.1. The van der Waals surface area contributed by atoms with Crippen LogP contribution in [0.4, 0.5) is 0 Å². The Hall–Kier alpha value is -7.22. The summed E-state index contributed by atoms with van der Waals surface area (Å²) in [5, 5.41) is 51.2. The summed E-state index contributed by atoms with van der Waals surface area (Å²) in [4.78, 5) is 8.62. The van der Waals surface area contributed by atoms with E-state index in [1.54, 1.807) is 0 Å². The van der Waals surface area contributed by atoms with Gasteiger partial charge in [-0.1, -0.05) is 243 Å². The van der Waals surface area contributed by atoms with Crippen molar-refractivity contribution in [1.29, 1.82) is 0 Å². The van der Waals surface area contributed by atoms with Gasteiger partial charge in [0.05, 0.1) is 0 Å². The number of aromatic nitrogens is 2. The van der Waals surface area contributed by atoms with E-state index >= 15 is 0 Å². The van der Waals surface area contributed by atoms with Gasteiger partial charge in [0, 0.05) is 25.7 Å². The van der Waals surface area contributed by atoms with Crippen LogP contribution in [0.5, 0.6) is 0 Å². The van der Waals surface area contributed by atoms with Crippen molar-refractivity contribution < 1.29 is 39.4 Å². The topological polar surface area (TPSA) is 144 Å². The number of nitrogens with zero attached hydrogens (tertiary/aromatic N) is 2. The second-order valence-electron chi connectivity index (χ2n) is 22.9. The van der Waals surface area contributed by atoms with E-state index in [4.69, 9.17) is 18.9 Å². The number of benzene rings is 8. The van der Waals surface area contributed by atoms with Gasteiger partial charge in [0.25, 0.3) is 0 Å². The van der Waals surface area contributed by atoms with Gasteiger partial charge in [-0.2, -0.15) is 0 Å². The van der Waals surface area contributed by atoms with Crippen LogP contribution in [-0.2, 0) is 41.4 Å². The summed E-state index contributed by atoms with van der Waals surface area (Å²) in [5.41, 5.74) is -0.747. The molecule has 446 valence electrons. The first-order chi connectivity index (χ1) is 43.1. The predicted molar refractivity (Wildman–Crippen MR) is 345 cm³/mol. The molecule has 4 atom stereocenters. The van der Waals surface area contributed by atoms with Crippen molar-refractivity contribution in [3.8, 4) is 0 Å². The molecule has 2 saturated heterocycles. The zero-order chi connectivity index (χ0) is 60.3. The molecule has 2 aliphatic heterocycles. The number of ether oxygens (including phenoxy) is 4. The summed E-state index contributed by atoms with van der Waals surface area (Å²) in [7, 11) is 0. The van der Waals surface area contributed by atoms with Crippen LogP contribution < -0.4 is 9.18 Å². The van der Waals surface area contributed by atoms with Gasteiger partial charge in [-0.25, -0.2) is 0 Å². The van der Waals surface area contributed by atoms with Crippen molar-refractivity contribution in [3.05, 3.63) is 336 Å². The van der Waals surface area contributed by atoms with E-state index in [2.05, 4.69) is 22.1 Å². The molecular formula is C76H72N2O8Se2. The third-order valence-corrected chi connectivity index (χ3v) is 24.0. The van der Waals surface area contributed by atoms with Crippen LogP contribution in [-0.4, -0.2) is 92.6 Å². The van der Waals surface area contributed by atoms with Crippen LogP contribution in [0.25, 0.3) is 0 Å². The summed E-state index contributed by atoms with van der Waals surface area (Å²) in [6, 6.07) is 88.9. The monoisotopic (exact) mass is 1300 g/mol. The van der Waals surface area contributed by atoms with Gasteiger partial charge in [-0.05, 0) is 70.2 Å². The van der Waals surface area contributed by atoms with Gasteiger partial charge < -0.3 is 39.4 Å². The zero-order valence-corrected chi connectivity index (χ0v) is 52.2. The Morgan fingerprint density at radius 3 is 0.625 bits per heavy atom. The molecule has 4 aliphatic rings. The molecule has 2 aromatic heterocycles. The van der Waals surface area contributed by atoms with Crippen LogP contribution >= 0.6 is 0 Å². The molecule has 2 aliphatic carbocycles. The molecule has 0 unspecified atom stereocenters. The van der Waals surface area contributed by atoms with E-state index in [0.717, 1.165) is 51.4 Å². The number of pyridine rings is 2. The maximum absolute atomic E-state index is 12.8. The molecule has 8 aromatic carbocycles. The van der Waals surface area contributed by atoms with Crippen molar-refractivity contribution in [3.63, 3.8) is 0 Å². The number of hydrogen-bond donors (Lipinski definition) is 4. The van der Waals surface area contributed by atoms with Crippen LogP contribution in [0.15, 0.2) is 291 Å². The Labute approximate surface area is 527 Å². The molecule has 4 fully saturated rings. The van der Waals surface area contributed by atoms with E-state index < -0.39 is 58.4 Å². The van der Waals surface area contributed by atoms with Gasteiger partial charge in [0.2, 0.25) is 0 Å². The van der Waals surface area contributed by atoms with E-state index in [-0.39, 0.29) is 0 Å². The van der Waals surface area contributed by atoms with Crippen molar-refractivity contribution in [1.82, 2.24) is 9.97 Å². The van der Waals surface area contributed by atoms with Gasteiger partial charge >= 0.3 is 94.2 Å². The Kier molecular flexibility index (Phi) is 18.9.